The van der Waals surface area contributed by atoms with E-state index in [1.54, 1.807) is 4.57 Å². The topological polar surface area (TPSA) is 88.1 Å². The molecule has 0 saturated heterocycles. The largest absolute Gasteiger partial charge is 0.339 e. The summed E-state index contributed by atoms with van der Waals surface area (Å²) in [4.78, 5) is 26.9. The fraction of sp³-hybridized carbons (Fsp3) is 0.444. The van der Waals surface area contributed by atoms with E-state index in [1.807, 2.05) is 20.8 Å². The van der Waals surface area contributed by atoms with Crippen molar-refractivity contribution in [1.29, 1.82) is 0 Å². The van der Waals surface area contributed by atoms with Crippen LogP contribution in [0.3, 0.4) is 0 Å². The lowest BCUT2D eigenvalue weighted by Crippen LogP contribution is -2.42. The number of urea groups is 1. The highest BCUT2D eigenvalue weighted by atomic mass is 16.2. The van der Waals surface area contributed by atoms with Gasteiger partial charge in [-0.25, -0.2) is 15.2 Å². The van der Waals surface area contributed by atoms with Crippen LogP contribution in [0.2, 0.25) is 0 Å². The maximum atomic E-state index is 11.8. The van der Waals surface area contributed by atoms with Crippen LogP contribution in [-0.4, -0.2) is 21.5 Å². The molecule has 1 aliphatic rings. The summed E-state index contributed by atoms with van der Waals surface area (Å²) < 4.78 is 1.71. The molecule has 3 N–H and O–H groups in total. The number of hydrazine groups is 1. The number of nitrogens with one attached hydrogen (secondary N) is 3. The number of nitrogens with zero attached hydrogens (tertiary/aromatic N) is 2. The summed E-state index contributed by atoms with van der Waals surface area (Å²) in [5, 5.41) is 2.48. The number of carbonyl (C=O) groups excluding carboxylic acids is 2. The average Bonchev–Trinajstić information content (AvgIpc) is 2.52. The van der Waals surface area contributed by atoms with Crippen molar-refractivity contribution in [3.05, 3.63) is 12.0 Å². The van der Waals surface area contributed by atoms with Crippen molar-refractivity contribution < 1.29 is 9.59 Å². The summed E-state index contributed by atoms with van der Waals surface area (Å²) in [6.45, 7) is 5.84. The first-order valence-electron chi connectivity index (χ1n) is 4.85. The van der Waals surface area contributed by atoms with Crippen molar-refractivity contribution in [2.45, 2.75) is 26.3 Å². The Hall–Kier alpha value is -2.05. The Bertz CT molecular complexity index is 457. The Kier molecular flexibility index (Phi) is 2.11. The first-order valence-corrected chi connectivity index (χ1v) is 4.85. The van der Waals surface area contributed by atoms with Crippen LogP contribution in [0.15, 0.2) is 6.33 Å². The summed E-state index contributed by atoms with van der Waals surface area (Å²) in [5.41, 5.74) is 4.54. The molecule has 16 heavy (non-hydrogen) atoms. The van der Waals surface area contributed by atoms with Gasteiger partial charge in [0.15, 0.2) is 11.5 Å². The van der Waals surface area contributed by atoms with Gasteiger partial charge >= 0.3 is 6.03 Å². The molecule has 86 valence electrons. The van der Waals surface area contributed by atoms with Crippen LogP contribution in [0, 0.1) is 0 Å². The predicted molar refractivity (Wildman–Crippen MR) is 56.8 cm³/mol. The lowest BCUT2D eigenvalue weighted by atomic mass is 10.1. The van der Waals surface area contributed by atoms with Gasteiger partial charge in [-0.05, 0) is 20.8 Å². The quantitative estimate of drug-likeness (QED) is 0.595. The van der Waals surface area contributed by atoms with E-state index < -0.39 is 6.03 Å². The normalized spacial score (nSPS) is 15.7. The first-order chi connectivity index (χ1) is 7.39. The molecule has 0 atom stereocenters. The van der Waals surface area contributed by atoms with Crippen LogP contribution in [0.25, 0.3) is 0 Å². The standard InChI is InChI=1S/C9H13N5O2/c1-9(2,3)14-4-10-6-5(14)7(15)12-13-8(16)11-6/h4H,1-3H3,(H,12,15)(H2,11,13,16). The number of anilines is 1. The van der Waals surface area contributed by atoms with E-state index in [9.17, 15) is 9.59 Å². The van der Waals surface area contributed by atoms with Gasteiger partial charge in [0.1, 0.15) is 0 Å². The first kappa shape index (κ1) is 10.5. The molecule has 2 heterocycles. The van der Waals surface area contributed by atoms with Crippen molar-refractivity contribution in [3.8, 4) is 0 Å². The third-order valence-electron chi connectivity index (χ3n) is 2.23. The summed E-state index contributed by atoms with van der Waals surface area (Å²) in [6, 6.07) is -0.508. The lowest BCUT2D eigenvalue weighted by Gasteiger charge is -2.22. The Labute approximate surface area is 92.2 Å². The molecule has 0 aliphatic carbocycles. The van der Waals surface area contributed by atoms with E-state index in [4.69, 9.17) is 0 Å². The van der Waals surface area contributed by atoms with Gasteiger partial charge in [-0.1, -0.05) is 0 Å². The zero-order valence-corrected chi connectivity index (χ0v) is 9.29. The van der Waals surface area contributed by atoms with Gasteiger partial charge in [0.2, 0.25) is 0 Å². The minimum atomic E-state index is -0.508. The number of rotatable bonds is 0. The van der Waals surface area contributed by atoms with E-state index in [-0.39, 0.29) is 17.3 Å². The zero-order valence-electron chi connectivity index (χ0n) is 9.29. The van der Waals surface area contributed by atoms with E-state index in [2.05, 4.69) is 21.2 Å². The summed E-state index contributed by atoms with van der Waals surface area (Å²) >= 11 is 0. The monoisotopic (exact) mass is 223 g/mol. The maximum Gasteiger partial charge on any atom is 0.339 e. The summed E-state index contributed by atoms with van der Waals surface area (Å²) in [5.74, 6) is -0.122. The Morgan fingerprint density at radius 3 is 2.56 bits per heavy atom. The summed E-state index contributed by atoms with van der Waals surface area (Å²) in [7, 11) is 0. The van der Waals surface area contributed by atoms with E-state index in [1.165, 1.54) is 6.33 Å². The van der Waals surface area contributed by atoms with Gasteiger partial charge in [-0.15, -0.1) is 0 Å². The number of hydrogen-bond donors (Lipinski definition) is 3. The number of fused-ring (bicyclic) bond motifs is 1. The number of hydrogen-bond acceptors (Lipinski definition) is 3. The molecule has 0 spiro atoms. The second kappa shape index (κ2) is 3.22. The molecule has 2 rings (SSSR count). The highest BCUT2D eigenvalue weighted by Gasteiger charge is 2.28. The molecule has 1 aliphatic heterocycles. The minimum absolute atomic E-state index is 0.266. The second-order valence-electron chi connectivity index (χ2n) is 4.52. The highest BCUT2D eigenvalue weighted by molar-refractivity contribution is 6.04. The van der Waals surface area contributed by atoms with E-state index in [0.717, 1.165) is 0 Å². The molecular formula is C9H13N5O2. The molecule has 0 bridgehead atoms. The molecule has 1 aromatic heterocycles. The molecule has 7 nitrogen and oxygen atoms in total. The molecule has 0 unspecified atom stereocenters. The number of amides is 3. The van der Waals surface area contributed by atoms with Crippen LogP contribution in [0.1, 0.15) is 31.3 Å². The number of aromatic nitrogens is 2. The van der Waals surface area contributed by atoms with Gasteiger partial charge in [-0.2, -0.15) is 0 Å². The van der Waals surface area contributed by atoms with Gasteiger partial charge < -0.3 is 4.57 Å². The van der Waals surface area contributed by atoms with Crippen LogP contribution in [-0.2, 0) is 5.54 Å². The third-order valence-corrected chi connectivity index (χ3v) is 2.23. The fourth-order valence-electron chi connectivity index (χ4n) is 1.48. The van der Waals surface area contributed by atoms with Crippen molar-refractivity contribution in [3.63, 3.8) is 0 Å². The molecule has 0 aromatic carbocycles. The number of imidazole rings is 1. The predicted octanol–water partition coefficient (Wildman–Crippen LogP) is 0.418. The molecule has 0 saturated carbocycles. The smallest absolute Gasteiger partial charge is 0.319 e. The van der Waals surface area contributed by atoms with Crippen molar-refractivity contribution in [2.75, 3.05) is 5.32 Å². The average molecular weight is 223 g/mol. The summed E-state index contributed by atoms with van der Waals surface area (Å²) in [6.07, 6.45) is 1.54. The Morgan fingerprint density at radius 2 is 1.94 bits per heavy atom. The van der Waals surface area contributed by atoms with Crippen LogP contribution in [0.5, 0.6) is 0 Å². The van der Waals surface area contributed by atoms with Crippen molar-refractivity contribution >= 4 is 17.8 Å². The van der Waals surface area contributed by atoms with Crippen LogP contribution in [0.4, 0.5) is 10.6 Å². The zero-order chi connectivity index (χ0) is 11.9. The molecule has 7 heteroatoms. The molecule has 0 radical (unpaired) electrons. The fourth-order valence-corrected chi connectivity index (χ4v) is 1.48. The number of carbonyl (C=O) groups is 2. The van der Waals surface area contributed by atoms with Crippen molar-refractivity contribution in [1.82, 2.24) is 20.4 Å². The van der Waals surface area contributed by atoms with Gasteiger partial charge in [0.05, 0.1) is 6.33 Å². The third kappa shape index (κ3) is 1.60. The van der Waals surface area contributed by atoms with Crippen LogP contribution < -0.4 is 16.2 Å². The Balaban J connectivity index is 2.55. The SMILES string of the molecule is CC(C)(C)n1cnc2c1C(=O)NNC(=O)N2. The van der Waals surface area contributed by atoms with Gasteiger partial charge in [0, 0.05) is 5.54 Å². The van der Waals surface area contributed by atoms with Crippen molar-refractivity contribution in [2.24, 2.45) is 0 Å². The second-order valence-corrected chi connectivity index (χ2v) is 4.52. The van der Waals surface area contributed by atoms with Crippen LogP contribution >= 0.6 is 0 Å². The van der Waals surface area contributed by atoms with Gasteiger partial charge in [0.25, 0.3) is 5.91 Å². The lowest BCUT2D eigenvalue weighted by molar-refractivity contribution is 0.0926. The molecular weight excluding hydrogens is 210 g/mol. The van der Waals surface area contributed by atoms with E-state index >= 15 is 0 Å². The highest BCUT2D eigenvalue weighted by Crippen LogP contribution is 2.22. The molecule has 0 fully saturated rings. The Morgan fingerprint density at radius 1 is 1.25 bits per heavy atom. The maximum absolute atomic E-state index is 11.8. The van der Waals surface area contributed by atoms with E-state index in [0.29, 0.717) is 5.69 Å². The molecule has 3 amide bonds. The molecule has 1 aromatic rings. The van der Waals surface area contributed by atoms with Gasteiger partial charge in [-0.3, -0.25) is 15.5 Å². The minimum Gasteiger partial charge on any atom is -0.319 e.